The molecule has 0 saturated heterocycles. The van der Waals surface area contributed by atoms with Crippen LogP contribution in [0.15, 0.2) is 30.3 Å². The second kappa shape index (κ2) is 7.42. The van der Waals surface area contributed by atoms with Gasteiger partial charge in [-0.15, -0.1) is 0 Å². The lowest BCUT2D eigenvalue weighted by atomic mass is 10.1. The van der Waals surface area contributed by atoms with Gasteiger partial charge in [0.2, 0.25) is 0 Å². The third-order valence-corrected chi connectivity index (χ3v) is 3.49. The van der Waals surface area contributed by atoms with Gasteiger partial charge in [-0.3, -0.25) is 0 Å². The van der Waals surface area contributed by atoms with E-state index >= 15 is 0 Å². The molecular weight excluding hydrogens is 236 g/mol. The summed E-state index contributed by atoms with van der Waals surface area (Å²) in [5, 5.41) is 0. The zero-order valence-electron chi connectivity index (χ0n) is 10.1. The summed E-state index contributed by atoms with van der Waals surface area (Å²) in [6.07, 6.45) is 2.49. The molecule has 5 heteroatoms. The molecule has 0 atom stereocenters. The van der Waals surface area contributed by atoms with E-state index in [9.17, 15) is 8.42 Å². The van der Waals surface area contributed by atoms with E-state index in [2.05, 4.69) is 9.44 Å². The first kappa shape index (κ1) is 14.2. The zero-order valence-corrected chi connectivity index (χ0v) is 11.0. The van der Waals surface area contributed by atoms with E-state index in [1.807, 2.05) is 37.3 Å². The predicted octanol–water partition coefficient (Wildman–Crippen LogP) is 1.45. The van der Waals surface area contributed by atoms with Crippen LogP contribution in [0.2, 0.25) is 0 Å². The SMILES string of the molecule is CCCNS(=O)(=O)NCCCc1ccccc1. The molecule has 2 N–H and O–H groups in total. The van der Waals surface area contributed by atoms with Gasteiger partial charge < -0.3 is 0 Å². The summed E-state index contributed by atoms with van der Waals surface area (Å²) in [6.45, 7) is 2.87. The average Bonchev–Trinajstić information content (AvgIpc) is 2.34. The van der Waals surface area contributed by atoms with Crippen molar-refractivity contribution in [3.8, 4) is 0 Å². The quantitative estimate of drug-likeness (QED) is 0.692. The molecule has 0 fully saturated rings. The molecule has 0 saturated carbocycles. The molecule has 0 aliphatic heterocycles. The molecule has 1 aromatic carbocycles. The van der Waals surface area contributed by atoms with E-state index in [-0.39, 0.29) is 0 Å². The first-order valence-electron chi connectivity index (χ1n) is 5.92. The molecule has 0 heterocycles. The van der Waals surface area contributed by atoms with Crippen LogP contribution in [-0.2, 0) is 16.6 Å². The molecular formula is C12H20N2O2S. The van der Waals surface area contributed by atoms with Gasteiger partial charge in [0.15, 0.2) is 0 Å². The molecule has 0 unspecified atom stereocenters. The lowest BCUT2D eigenvalue weighted by molar-refractivity contribution is 0.563. The maximum absolute atomic E-state index is 11.4. The average molecular weight is 256 g/mol. The van der Waals surface area contributed by atoms with E-state index < -0.39 is 10.2 Å². The van der Waals surface area contributed by atoms with E-state index in [1.54, 1.807) is 0 Å². The third kappa shape index (κ3) is 6.41. The van der Waals surface area contributed by atoms with Crippen molar-refractivity contribution in [2.75, 3.05) is 13.1 Å². The molecule has 0 aliphatic rings. The minimum atomic E-state index is -3.30. The summed E-state index contributed by atoms with van der Waals surface area (Å²) in [4.78, 5) is 0. The Balaban J connectivity index is 2.20. The summed E-state index contributed by atoms with van der Waals surface area (Å²) < 4.78 is 27.8. The van der Waals surface area contributed by atoms with Crippen LogP contribution < -0.4 is 9.44 Å². The number of aryl methyl sites for hydroxylation is 1. The number of rotatable bonds is 8. The van der Waals surface area contributed by atoms with Crippen molar-refractivity contribution in [1.82, 2.24) is 9.44 Å². The molecule has 4 nitrogen and oxygen atoms in total. The van der Waals surface area contributed by atoms with Crippen LogP contribution in [0.1, 0.15) is 25.3 Å². The fourth-order valence-electron chi connectivity index (χ4n) is 1.43. The first-order chi connectivity index (χ1) is 8.14. The summed E-state index contributed by atoms with van der Waals surface area (Å²) >= 11 is 0. The Morgan fingerprint density at radius 1 is 1.06 bits per heavy atom. The summed E-state index contributed by atoms with van der Waals surface area (Å²) in [5.74, 6) is 0. The van der Waals surface area contributed by atoms with Gasteiger partial charge in [0, 0.05) is 13.1 Å². The second-order valence-electron chi connectivity index (χ2n) is 3.88. The molecule has 0 aromatic heterocycles. The number of hydrogen-bond acceptors (Lipinski definition) is 2. The highest BCUT2D eigenvalue weighted by Crippen LogP contribution is 2.01. The minimum absolute atomic E-state index is 0.466. The Labute approximate surface area is 104 Å². The highest BCUT2D eigenvalue weighted by Gasteiger charge is 2.06. The fourth-order valence-corrected chi connectivity index (χ4v) is 2.42. The smallest absolute Gasteiger partial charge is 0.202 e. The van der Waals surface area contributed by atoms with E-state index in [4.69, 9.17) is 0 Å². The number of nitrogens with one attached hydrogen (secondary N) is 2. The van der Waals surface area contributed by atoms with Crippen LogP contribution in [0.5, 0.6) is 0 Å². The lowest BCUT2D eigenvalue weighted by Gasteiger charge is -2.07. The molecule has 0 spiro atoms. The van der Waals surface area contributed by atoms with Crippen molar-refractivity contribution < 1.29 is 8.42 Å². The molecule has 0 bridgehead atoms. The van der Waals surface area contributed by atoms with E-state index in [0.717, 1.165) is 19.3 Å². The topological polar surface area (TPSA) is 58.2 Å². The summed E-state index contributed by atoms with van der Waals surface area (Å²) in [6, 6.07) is 10.0. The normalized spacial score (nSPS) is 11.6. The van der Waals surface area contributed by atoms with Gasteiger partial charge >= 0.3 is 0 Å². The molecule has 0 amide bonds. The van der Waals surface area contributed by atoms with Gasteiger partial charge in [-0.05, 0) is 24.8 Å². The minimum Gasteiger partial charge on any atom is -0.202 e. The van der Waals surface area contributed by atoms with Crippen LogP contribution in [0.4, 0.5) is 0 Å². The Morgan fingerprint density at radius 3 is 2.35 bits per heavy atom. The fraction of sp³-hybridized carbons (Fsp3) is 0.500. The first-order valence-corrected chi connectivity index (χ1v) is 7.40. The van der Waals surface area contributed by atoms with Crippen molar-refractivity contribution >= 4 is 10.2 Å². The Bertz CT molecular complexity index is 404. The third-order valence-electron chi connectivity index (χ3n) is 2.32. The van der Waals surface area contributed by atoms with Gasteiger partial charge in [0.05, 0.1) is 0 Å². The van der Waals surface area contributed by atoms with Gasteiger partial charge in [0.25, 0.3) is 10.2 Å². The second-order valence-corrected chi connectivity index (χ2v) is 5.47. The van der Waals surface area contributed by atoms with E-state index in [0.29, 0.717) is 13.1 Å². The molecule has 0 aliphatic carbocycles. The molecule has 0 radical (unpaired) electrons. The molecule has 1 aromatic rings. The zero-order chi connectivity index (χ0) is 12.6. The lowest BCUT2D eigenvalue weighted by Crippen LogP contribution is -2.37. The van der Waals surface area contributed by atoms with Crippen molar-refractivity contribution in [2.45, 2.75) is 26.2 Å². The standard InChI is InChI=1S/C12H20N2O2S/c1-2-10-13-17(15,16)14-11-6-9-12-7-4-3-5-8-12/h3-5,7-8,13-14H,2,6,9-11H2,1H3. The Kier molecular flexibility index (Phi) is 6.18. The van der Waals surface area contributed by atoms with Crippen molar-refractivity contribution in [3.05, 3.63) is 35.9 Å². The predicted molar refractivity (Wildman–Crippen MR) is 70.0 cm³/mol. The maximum atomic E-state index is 11.4. The Hall–Kier alpha value is -0.910. The van der Waals surface area contributed by atoms with Gasteiger partial charge in [-0.1, -0.05) is 37.3 Å². The maximum Gasteiger partial charge on any atom is 0.276 e. The van der Waals surface area contributed by atoms with Crippen molar-refractivity contribution in [2.24, 2.45) is 0 Å². The Morgan fingerprint density at radius 2 is 1.71 bits per heavy atom. The van der Waals surface area contributed by atoms with Gasteiger partial charge in [0.1, 0.15) is 0 Å². The van der Waals surface area contributed by atoms with Crippen LogP contribution in [0.3, 0.4) is 0 Å². The van der Waals surface area contributed by atoms with Crippen LogP contribution >= 0.6 is 0 Å². The highest BCUT2D eigenvalue weighted by molar-refractivity contribution is 7.87. The van der Waals surface area contributed by atoms with Crippen LogP contribution in [-0.4, -0.2) is 21.5 Å². The van der Waals surface area contributed by atoms with Crippen LogP contribution in [0.25, 0.3) is 0 Å². The molecule has 17 heavy (non-hydrogen) atoms. The van der Waals surface area contributed by atoms with Gasteiger partial charge in [-0.25, -0.2) is 9.44 Å². The number of benzene rings is 1. The summed E-state index contributed by atoms with van der Waals surface area (Å²) in [7, 11) is -3.30. The van der Waals surface area contributed by atoms with Crippen molar-refractivity contribution in [1.29, 1.82) is 0 Å². The monoisotopic (exact) mass is 256 g/mol. The van der Waals surface area contributed by atoms with E-state index in [1.165, 1.54) is 5.56 Å². The summed E-state index contributed by atoms with van der Waals surface area (Å²) in [5.41, 5.74) is 1.23. The largest absolute Gasteiger partial charge is 0.276 e. The highest BCUT2D eigenvalue weighted by atomic mass is 32.2. The molecule has 1 rings (SSSR count). The van der Waals surface area contributed by atoms with Crippen molar-refractivity contribution in [3.63, 3.8) is 0 Å². The molecule has 96 valence electrons. The van der Waals surface area contributed by atoms with Gasteiger partial charge in [-0.2, -0.15) is 8.42 Å². The van der Waals surface area contributed by atoms with Crippen LogP contribution in [0, 0.1) is 0 Å². The number of hydrogen-bond donors (Lipinski definition) is 2.